The molecule has 0 aliphatic heterocycles. The molecule has 0 atom stereocenters. The number of carboxylic acids is 1. The zero-order valence-corrected chi connectivity index (χ0v) is 22.2. The normalized spacial score (nSPS) is 19.3. The Balaban J connectivity index is 1.40. The summed E-state index contributed by atoms with van der Waals surface area (Å²) in [6, 6.07) is 9.52. The second-order valence-electron chi connectivity index (χ2n) is 9.99. The van der Waals surface area contributed by atoms with Crippen molar-refractivity contribution in [3.63, 3.8) is 0 Å². The van der Waals surface area contributed by atoms with Crippen LogP contribution in [0.5, 0.6) is 0 Å². The van der Waals surface area contributed by atoms with Crippen molar-refractivity contribution in [2.75, 3.05) is 11.9 Å². The molecule has 196 valence electrons. The quantitative estimate of drug-likeness (QED) is 0.276. The highest BCUT2D eigenvalue weighted by Crippen LogP contribution is 2.40. The highest BCUT2D eigenvalue weighted by molar-refractivity contribution is 7.22. The van der Waals surface area contributed by atoms with E-state index in [0.717, 1.165) is 57.7 Å². The van der Waals surface area contributed by atoms with Crippen molar-refractivity contribution in [1.29, 1.82) is 0 Å². The highest BCUT2D eigenvalue weighted by atomic mass is 32.1. The van der Waals surface area contributed by atoms with Gasteiger partial charge in [-0.05, 0) is 75.3 Å². The third-order valence-electron chi connectivity index (χ3n) is 7.22. The number of rotatable bonds is 7. The Bertz CT molecular complexity index is 1450. The topological polar surface area (TPSA) is 130 Å². The molecule has 2 amide bonds. The molecule has 1 aromatic carbocycles. The van der Waals surface area contributed by atoms with Gasteiger partial charge in [0.2, 0.25) is 0 Å². The van der Waals surface area contributed by atoms with Crippen molar-refractivity contribution < 1.29 is 14.7 Å². The average molecular weight is 531 g/mol. The Labute approximate surface area is 224 Å². The molecule has 1 fully saturated rings. The van der Waals surface area contributed by atoms with E-state index in [-0.39, 0.29) is 6.03 Å². The van der Waals surface area contributed by atoms with Crippen molar-refractivity contribution >= 4 is 38.7 Å². The minimum absolute atomic E-state index is 0.291. The van der Waals surface area contributed by atoms with Gasteiger partial charge in [-0.15, -0.1) is 0 Å². The standard InChI is InChI=1S/C28H30N6O3S/c1-3-29-26(37)34-27-33-22-14-18(13-20(24(22)38-27)21-6-4-5-11-30-21)19-15-31-23(32-16-19)12-17-7-9-28(2,10-8-17)25(35)36/h4-6,11,13-17H,3,7-10,12H2,1-2H3,(H,35,36)(H2,29,33,34,37). The van der Waals surface area contributed by atoms with E-state index in [4.69, 9.17) is 0 Å². The Hall–Kier alpha value is -3.92. The molecule has 3 N–H and O–H groups in total. The lowest BCUT2D eigenvalue weighted by atomic mass is 9.71. The van der Waals surface area contributed by atoms with Crippen molar-refractivity contribution in [3.8, 4) is 22.4 Å². The van der Waals surface area contributed by atoms with E-state index in [1.807, 2.05) is 50.5 Å². The van der Waals surface area contributed by atoms with E-state index in [9.17, 15) is 14.7 Å². The molecule has 0 saturated heterocycles. The lowest BCUT2D eigenvalue weighted by Crippen LogP contribution is -2.33. The fourth-order valence-corrected chi connectivity index (χ4v) is 5.83. The van der Waals surface area contributed by atoms with Gasteiger partial charge in [-0.1, -0.05) is 17.4 Å². The summed E-state index contributed by atoms with van der Waals surface area (Å²) in [5.74, 6) is 0.461. The van der Waals surface area contributed by atoms with Crippen LogP contribution in [-0.4, -0.2) is 43.6 Å². The summed E-state index contributed by atoms with van der Waals surface area (Å²) in [7, 11) is 0. The van der Waals surface area contributed by atoms with E-state index in [0.29, 0.717) is 30.4 Å². The number of carbonyl (C=O) groups excluding carboxylic acids is 1. The molecule has 10 heteroatoms. The van der Waals surface area contributed by atoms with Gasteiger partial charge in [0.15, 0.2) is 5.13 Å². The molecule has 3 heterocycles. The smallest absolute Gasteiger partial charge is 0.321 e. The zero-order valence-electron chi connectivity index (χ0n) is 21.4. The van der Waals surface area contributed by atoms with E-state index in [1.54, 1.807) is 6.20 Å². The molecule has 1 aliphatic rings. The van der Waals surface area contributed by atoms with Gasteiger partial charge in [-0.2, -0.15) is 0 Å². The van der Waals surface area contributed by atoms with Crippen LogP contribution in [0.1, 0.15) is 45.4 Å². The van der Waals surface area contributed by atoms with Crippen LogP contribution < -0.4 is 10.6 Å². The third-order valence-corrected chi connectivity index (χ3v) is 8.24. The zero-order chi connectivity index (χ0) is 26.7. The van der Waals surface area contributed by atoms with E-state index in [2.05, 4.69) is 36.6 Å². The largest absolute Gasteiger partial charge is 0.481 e. The van der Waals surface area contributed by atoms with Gasteiger partial charge in [0.25, 0.3) is 0 Å². The maximum atomic E-state index is 12.1. The number of aromatic nitrogens is 4. The van der Waals surface area contributed by atoms with Crippen LogP contribution in [0.25, 0.3) is 32.6 Å². The molecule has 4 aromatic rings. The number of pyridine rings is 1. The fraction of sp³-hybridized carbons (Fsp3) is 0.357. The predicted octanol–water partition coefficient (Wildman–Crippen LogP) is 5.78. The van der Waals surface area contributed by atoms with Crippen molar-refractivity contribution in [3.05, 3.63) is 54.7 Å². The number of amides is 2. The number of benzene rings is 1. The molecule has 9 nitrogen and oxygen atoms in total. The van der Waals surface area contributed by atoms with Gasteiger partial charge in [-0.3, -0.25) is 15.1 Å². The maximum Gasteiger partial charge on any atom is 0.321 e. The number of thiazole rings is 1. The third kappa shape index (κ3) is 5.50. The Morgan fingerprint density at radius 2 is 1.87 bits per heavy atom. The van der Waals surface area contributed by atoms with Gasteiger partial charge in [0.1, 0.15) is 5.82 Å². The first-order valence-corrected chi connectivity index (χ1v) is 13.6. The molecule has 1 saturated carbocycles. The summed E-state index contributed by atoms with van der Waals surface area (Å²) < 4.78 is 0.933. The number of fused-ring (bicyclic) bond motifs is 1. The number of carboxylic acid groups (broad SMARTS) is 1. The molecular formula is C28H30N6O3S. The molecular weight excluding hydrogens is 500 g/mol. The molecule has 5 rings (SSSR count). The number of nitrogens with one attached hydrogen (secondary N) is 2. The Morgan fingerprint density at radius 3 is 2.53 bits per heavy atom. The van der Waals surface area contributed by atoms with Crippen LogP contribution in [0, 0.1) is 11.3 Å². The van der Waals surface area contributed by atoms with Crippen LogP contribution in [0.3, 0.4) is 0 Å². The van der Waals surface area contributed by atoms with Crippen LogP contribution in [0.15, 0.2) is 48.9 Å². The van der Waals surface area contributed by atoms with Crippen molar-refractivity contribution in [1.82, 2.24) is 25.3 Å². The lowest BCUT2D eigenvalue weighted by Gasteiger charge is -2.33. The van der Waals surface area contributed by atoms with Crippen LogP contribution >= 0.6 is 11.3 Å². The second-order valence-corrected chi connectivity index (χ2v) is 11.0. The monoisotopic (exact) mass is 530 g/mol. The minimum atomic E-state index is -0.703. The summed E-state index contributed by atoms with van der Waals surface area (Å²) in [5, 5.41) is 15.5. The number of carbonyl (C=O) groups is 2. The first-order valence-electron chi connectivity index (χ1n) is 12.8. The molecule has 0 unspecified atom stereocenters. The predicted molar refractivity (Wildman–Crippen MR) is 148 cm³/mol. The molecule has 38 heavy (non-hydrogen) atoms. The van der Waals surface area contributed by atoms with Gasteiger partial charge in [0, 0.05) is 42.7 Å². The SMILES string of the molecule is CCNC(=O)Nc1nc2cc(-c3cnc(CC4CCC(C)(C(=O)O)CC4)nc3)cc(-c3ccccn3)c2s1. The summed E-state index contributed by atoms with van der Waals surface area (Å²) in [6.07, 6.45) is 9.27. The van der Waals surface area contributed by atoms with Gasteiger partial charge < -0.3 is 10.4 Å². The van der Waals surface area contributed by atoms with Gasteiger partial charge in [0.05, 0.1) is 21.3 Å². The summed E-state index contributed by atoms with van der Waals surface area (Å²) in [4.78, 5) is 42.1. The molecule has 0 radical (unpaired) electrons. The summed E-state index contributed by atoms with van der Waals surface area (Å²) >= 11 is 1.41. The van der Waals surface area contributed by atoms with Crippen LogP contribution in [-0.2, 0) is 11.2 Å². The number of hydrogen-bond acceptors (Lipinski definition) is 7. The van der Waals surface area contributed by atoms with Gasteiger partial charge >= 0.3 is 12.0 Å². The maximum absolute atomic E-state index is 12.1. The fourth-order valence-electron chi connectivity index (χ4n) is 4.87. The highest BCUT2D eigenvalue weighted by Gasteiger charge is 2.37. The van der Waals surface area contributed by atoms with Crippen LogP contribution in [0.4, 0.5) is 9.93 Å². The number of urea groups is 1. The summed E-state index contributed by atoms with van der Waals surface area (Å²) in [6.45, 7) is 4.23. The van der Waals surface area contributed by atoms with E-state index >= 15 is 0 Å². The number of hydrogen-bond donors (Lipinski definition) is 3. The van der Waals surface area contributed by atoms with Gasteiger partial charge in [-0.25, -0.2) is 19.7 Å². The molecule has 1 aliphatic carbocycles. The first-order chi connectivity index (χ1) is 18.3. The average Bonchev–Trinajstić information content (AvgIpc) is 3.32. The van der Waals surface area contributed by atoms with Crippen LogP contribution in [0.2, 0.25) is 0 Å². The first kappa shape index (κ1) is 25.7. The molecule has 0 bridgehead atoms. The Kier molecular flexibility index (Phi) is 7.33. The molecule has 3 aromatic heterocycles. The number of anilines is 1. The lowest BCUT2D eigenvalue weighted by molar-refractivity contribution is -0.150. The van der Waals surface area contributed by atoms with E-state index in [1.165, 1.54) is 11.3 Å². The molecule has 0 spiro atoms. The number of aliphatic carboxylic acids is 1. The minimum Gasteiger partial charge on any atom is -0.481 e. The second kappa shape index (κ2) is 10.8. The van der Waals surface area contributed by atoms with Crippen molar-refractivity contribution in [2.24, 2.45) is 11.3 Å². The summed E-state index contributed by atoms with van der Waals surface area (Å²) in [5.41, 5.74) is 3.65. The Morgan fingerprint density at radius 1 is 1.11 bits per heavy atom. The van der Waals surface area contributed by atoms with E-state index < -0.39 is 11.4 Å². The van der Waals surface area contributed by atoms with Crippen molar-refractivity contribution in [2.45, 2.75) is 46.0 Å². The number of nitrogens with zero attached hydrogens (tertiary/aromatic N) is 4.